The Hall–Kier alpha value is -5.34. The zero-order valence-corrected chi connectivity index (χ0v) is 34.8. The number of aryl methyl sites for hydroxylation is 12. The van der Waals surface area contributed by atoms with Gasteiger partial charge in [-0.05, 0) is 83.1 Å². The lowest BCUT2D eigenvalue weighted by Gasteiger charge is -2.24. The van der Waals surface area contributed by atoms with Gasteiger partial charge >= 0.3 is 0 Å². The fourth-order valence-electron chi connectivity index (χ4n) is 9.52. The fraction of sp³-hybridized carbons (Fsp3) is 0.235. The van der Waals surface area contributed by atoms with Gasteiger partial charge in [-0.25, -0.2) is 0 Å². The summed E-state index contributed by atoms with van der Waals surface area (Å²) in [7, 11) is 0. The van der Waals surface area contributed by atoms with Crippen LogP contribution in [0.5, 0.6) is 0 Å². The van der Waals surface area contributed by atoms with Crippen LogP contribution < -0.4 is 32.8 Å². The predicted octanol–water partition coefficient (Wildman–Crippen LogP) is 8.20. The fourth-order valence-corrected chi connectivity index (χ4v) is 9.52. The molecule has 0 aliphatic rings. The van der Waals surface area contributed by atoms with Gasteiger partial charge in [-0.15, -0.1) is 0 Å². The Morgan fingerprint density at radius 3 is 0.891 bits per heavy atom. The molecule has 6 rings (SSSR count). The number of hydrogen-bond acceptors (Lipinski definition) is 2. The minimum atomic E-state index is -0.232. The van der Waals surface area contributed by atoms with Crippen molar-refractivity contribution in [2.24, 2.45) is 0 Å². The predicted molar refractivity (Wildman–Crippen MR) is 240 cm³/mol. The Labute approximate surface area is 330 Å². The molecule has 0 bridgehead atoms. The first kappa shape index (κ1) is 39.4. The van der Waals surface area contributed by atoms with E-state index in [0.29, 0.717) is 11.1 Å². The topological polar surface area (TPSA) is 37.3 Å². The highest BCUT2D eigenvalue weighted by atomic mass is 16.3. The molecule has 2 nitrogen and oxygen atoms in total. The molecule has 0 fully saturated rings. The van der Waals surface area contributed by atoms with E-state index in [1.165, 1.54) is 94.7 Å². The lowest BCUT2D eigenvalue weighted by atomic mass is 9.34. The Morgan fingerprint density at radius 2 is 0.636 bits per heavy atom. The first-order valence-electron chi connectivity index (χ1n) is 19.5. The summed E-state index contributed by atoms with van der Waals surface area (Å²) < 4.78 is 0. The molecule has 276 valence electrons. The van der Waals surface area contributed by atoms with E-state index in [2.05, 4.69) is 156 Å². The Balaban J connectivity index is 1.33. The summed E-state index contributed by atoms with van der Waals surface area (Å²) in [6.45, 7) is 26.3. The minimum absolute atomic E-state index is 0.0246. The third-order valence-corrected chi connectivity index (χ3v) is 11.4. The Kier molecular flexibility index (Phi) is 11.3. The van der Waals surface area contributed by atoms with E-state index >= 15 is 0 Å². The second kappa shape index (κ2) is 15.8. The lowest BCUT2D eigenvalue weighted by Crippen LogP contribution is -2.55. The first-order valence-corrected chi connectivity index (χ1v) is 19.5. The normalized spacial score (nSPS) is 11.5. The van der Waals surface area contributed by atoms with Crippen LogP contribution in [0.15, 0.2) is 103 Å². The minimum Gasteiger partial charge on any atom is -0.507 e. The summed E-state index contributed by atoms with van der Waals surface area (Å²) in [6.07, 6.45) is 1.35. The summed E-state index contributed by atoms with van der Waals surface area (Å²) in [5, 5.41) is 11.3. The second-order valence-electron chi connectivity index (χ2n) is 16.3. The molecule has 0 radical (unpaired) electrons. The third-order valence-electron chi connectivity index (χ3n) is 11.4. The summed E-state index contributed by atoms with van der Waals surface area (Å²) in [5.41, 5.74) is 23.8. The maximum atomic E-state index is 13.7. The van der Waals surface area contributed by atoms with Gasteiger partial charge < -0.3 is 5.11 Å². The van der Waals surface area contributed by atoms with Crippen molar-refractivity contribution in [3.8, 4) is 0 Å². The maximum absolute atomic E-state index is 13.7. The molecule has 0 aliphatic heterocycles. The molecule has 0 saturated heterocycles. The molecule has 4 heteroatoms. The molecule has 55 heavy (non-hydrogen) atoms. The van der Waals surface area contributed by atoms with Crippen LogP contribution in [0, 0.1) is 83.1 Å². The highest BCUT2D eigenvalue weighted by Gasteiger charge is 2.30. The first-order chi connectivity index (χ1) is 26.0. The SMILES string of the molecule is Cc1cc(C)c(B(c2ccc(C(=O)/C=C(\O)c3ccc(B(c4c(C)cc(C)cc4C)c4c(C)cc(C)cc4C)cc3)cc2)c2c(C)cc(C)cc2C)c(C)c1. The molecule has 0 aliphatic carbocycles. The molecule has 0 unspecified atom stereocenters. The van der Waals surface area contributed by atoms with E-state index in [0.717, 1.165) is 10.9 Å². The van der Waals surface area contributed by atoms with Gasteiger partial charge in [0.2, 0.25) is 13.4 Å². The van der Waals surface area contributed by atoms with Crippen molar-refractivity contribution < 1.29 is 9.90 Å². The van der Waals surface area contributed by atoms with Gasteiger partial charge in [-0.1, -0.05) is 197 Å². The Morgan fingerprint density at radius 1 is 0.400 bits per heavy atom. The molecule has 0 saturated carbocycles. The van der Waals surface area contributed by atoms with Gasteiger partial charge in [0.25, 0.3) is 0 Å². The smallest absolute Gasteiger partial charge is 0.242 e. The van der Waals surface area contributed by atoms with E-state index in [4.69, 9.17) is 0 Å². The van der Waals surface area contributed by atoms with Crippen LogP contribution in [0.25, 0.3) is 5.76 Å². The van der Waals surface area contributed by atoms with Crippen LogP contribution in [0.3, 0.4) is 0 Å². The number of benzene rings is 6. The monoisotopic (exact) mass is 720 g/mol. The quantitative estimate of drug-likeness (QED) is 0.0708. The van der Waals surface area contributed by atoms with Gasteiger partial charge in [-0.3, -0.25) is 4.79 Å². The number of rotatable bonds is 9. The van der Waals surface area contributed by atoms with Gasteiger partial charge in [0.1, 0.15) is 5.76 Å². The van der Waals surface area contributed by atoms with Crippen LogP contribution in [0.2, 0.25) is 0 Å². The molecule has 0 aromatic heterocycles. The number of hydrogen-bond donors (Lipinski definition) is 1. The highest BCUT2D eigenvalue weighted by Crippen LogP contribution is 2.17. The number of aliphatic hydroxyl groups excluding tert-OH is 1. The maximum Gasteiger partial charge on any atom is 0.242 e. The summed E-state index contributed by atoms with van der Waals surface area (Å²) >= 11 is 0. The number of ketones is 1. The van der Waals surface area contributed by atoms with Crippen molar-refractivity contribution in [2.45, 2.75) is 83.1 Å². The lowest BCUT2D eigenvalue weighted by molar-refractivity contribution is 0.104. The van der Waals surface area contributed by atoms with Crippen molar-refractivity contribution >= 4 is 57.7 Å². The third kappa shape index (κ3) is 8.06. The largest absolute Gasteiger partial charge is 0.507 e. The molecule has 1 N–H and O–H groups in total. The van der Waals surface area contributed by atoms with Crippen LogP contribution >= 0.6 is 0 Å². The number of allylic oxidation sites excluding steroid dienone is 1. The van der Waals surface area contributed by atoms with Gasteiger partial charge in [0.05, 0.1) is 0 Å². The van der Waals surface area contributed by atoms with E-state index in [9.17, 15) is 9.90 Å². The zero-order valence-electron chi connectivity index (χ0n) is 34.8. The zero-order chi connectivity index (χ0) is 39.9. The number of carbonyl (C=O) groups excluding carboxylic acids is 1. The van der Waals surface area contributed by atoms with Crippen LogP contribution in [0.4, 0.5) is 0 Å². The van der Waals surface area contributed by atoms with Crippen molar-refractivity contribution in [1.29, 1.82) is 0 Å². The van der Waals surface area contributed by atoms with Crippen molar-refractivity contribution in [1.82, 2.24) is 0 Å². The molecule has 6 aromatic rings. The standard InChI is InChI=1S/C51H54B2O2/c1-30-21-34(5)48(35(6)22-30)52(49-36(7)23-31(2)24-37(49)8)44-17-13-42(14-18-44)46(54)29-47(55)43-15-19-45(20-16-43)53(50-38(9)25-32(3)26-39(50)10)51-40(11)27-33(4)28-41(51)12/h13-29,54H,1-12H3/b46-29-. The van der Waals surface area contributed by atoms with Crippen LogP contribution in [-0.4, -0.2) is 24.3 Å². The van der Waals surface area contributed by atoms with Gasteiger partial charge in [0.15, 0.2) is 5.78 Å². The Bertz CT molecular complexity index is 2260. The summed E-state index contributed by atoms with van der Waals surface area (Å²) in [4.78, 5) is 13.7. The molecule has 0 heterocycles. The van der Waals surface area contributed by atoms with E-state index < -0.39 is 0 Å². The van der Waals surface area contributed by atoms with Crippen molar-refractivity contribution in [2.75, 3.05) is 0 Å². The van der Waals surface area contributed by atoms with Gasteiger partial charge in [0, 0.05) is 17.2 Å². The average molecular weight is 721 g/mol. The molecular formula is C51H54B2O2. The highest BCUT2D eigenvalue weighted by molar-refractivity contribution is 6.97. The molecule has 0 amide bonds. The summed E-state index contributed by atoms with van der Waals surface area (Å²) in [5.74, 6) is -0.276. The van der Waals surface area contributed by atoms with Crippen molar-refractivity contribution in [3.05, 3.63) is 181 Å². The van der Waals surface area contributed by atoms with Crippen LogP contribution in [0.1, 0.15) is 82.7 Å². The second-order valence-corrected chi connectivity index (χ2v) is 16.3. The van der Waals surface area contributed by atoms with Crippen molar-refractivity contribution in [3.63, 3.8) is 0 Å². The average Bonchev–Trinajstić information content (AvgIpc) is 3.09. The van der Waals surface area contributed by atoms with E-state index in [-0.39, 0.29) is 25.0 Å². The van der Waals surface area contributed by atoms with E-state index in [1.807, 2.05) is 24.3 Å². The molecule has 6 aromatic carbocycles. The molecule has 0 spiro atoms. The number of aliphatic hydroxyl groups is 1. The molecule has 0 atom stereocenters. The molecular weight excluding hydrogens is 666 g/mol. The van der Waals surface area contributed by atoms with Gasteiger partial charge in [-0.2, -0.15) is 0 Å². The summed E-state index contributed by atoms with van der Waals surface area (Å²) in [6, 6.07) is 34.2. The number of carbonyl (C=O) groups is 1. The van der Waals surface area contributed by atoms with E-state index in [1.54, 1.807) is 0 Å². The van der Waals surface area contributed by atoms with Crippen LogP contribution in [-0.2, 0) is 0 Å².